The number of benzene rings is 8. The molecule has 3 heterocycles. The van der Waals surface area contributed by atoms with E-state index in [1.807, 2.05) is 11.3 Å². The Morgan fingerprint density at radius 1 is 0.481 bits per heavy atom. The van der Waals surface area contributed by atoms with E-state index in [9.17, 15) is 0 Å². The number of rotatable bonds is 5. The second-order valence-corrected chi connectivity index (χ2v) is 15.0. The number of hydrogen-bond donors (Lipinski definition) is 1. The summed E-state index contributed by atoms with van der Waals surface area (Å²) in [6.45, 7) is 0. The van der Waals surface area contributed by atoms with Gasteiger partial charge < -0.3 is 9.88 Å². The first-order valence-corrected chi connectivity index (χ1v) is 19.2. The van der Waals surface area contributed by atoms with Gasteiger partial charge in [0, 0.05) is 53.4 Å². The highest BCUT2D eigenvalue weighted by atomic mass is 32.1. The van der Waals surface area contributed by atoms with Crippen LogP contribution in [0.5, 0.6) is 0 Å². The highest BCUT2D eigenvalue weighted by molar-refractivity contribution is 7.26. The van der Waals surface area contributed by atoms with Crippen molar-refractivity contribution in [1.29, 1.82) is 0 Å². The molecule has 1 aliphatic rings. The number of fused-ring (bicyclic) bond motifs is 8. The zero-order valence-electron chi connectivity index (χ0n) is 29.3. The molecule has 0 radical (unpaired) electrons. The summed E-state index contributed by atoms with van der Waals surface area (Å²) >= 11 is 1.89. The van der Waals surface area contributed by atoms with E-state index in [2.05, 4.69) is 198 Å². The molecule has 1 unspecified atom stereocenters. The number of anilines is 1. The van der Waals surface area contributed by atoms with Crippen molar-refractivity contribution in [2.45, 2.75) is 6.17 Å². The third kappa shape index (κ3) is 4.99. The normalized spacial score (nSPS) is 14.0. The van der Waals surface area contributed by atoms with Gasteiger partial charge >= 0.3 is 0 Å². The minimum absolute atomic E-state index is 0.203. The van der Waals surface area contributed by atoms with Crippen LogP contribution in [-0.4, -0.2) is 10.3 Å². The number of nitrogens with zero attached hydrogens (tertiary/aromatic N) is 2. The maximum Gasteiger partial charge on any atom is 0.145 e. The van der Waals surface area contributed by atoms with Crippen LogP contribution in [0.1, 0.15) is 22.9 Å². The third-order valence-corrected chi connectivity index (χ3v) is 12.0. The molecule has 1 aliphatic heterocycles. The summed E-state index contributed by atoms with van der Waals surface area (Å²) < 4.78 is 5.08. The van der Waals surface area contributed by atoms with Crippen LogP contribution in [0.4, 0.5) is 5.69 Å². The lowest BCUT2D eigenvalue weighted by Crippen LogP contribution is -2.20. The summed E-state index contributed by atoms with van der Waals surface area (Å²) in [5, 5.41) is 8.93. The fourth-order valence-corrected chi connectivity index (χ4v) is 9.47. The lowest BCUT2D eigenvalue weighted by molar-refractivity contribution is 0.828. The molecule has 0 aliphatic carbocycles. The first-order chi connectivity index (χ1) is 26.8. The zero-order chi connectivity index (χ0) is 35.6. The minimum atomic E-state index is -0.203. The van der Waals surface area contributed by atoms with E-state index in [1.54, 1.807) is 0 Å². The van der Waals surface area contributed by atoms with Gasteiger partial charge in [-0.25, -0.2) is 0 Å². The lowest BCUT2D eigenvalue weighted by atomic mass is 9.95. The van der Waals surface area contributed by atoms with Gasteiger partial charge in [-0.05, 0) is 70.3 Å². The van der Waals surface area contributed by atoms with Gasteiger partial charge in [0.15, 0.2) is 0 Å². The Morgan fingerprint density at radius 2 is 1.11 bits per heavy atom. The van der Waals surface area contributed by atoms with Gasteiger partial charge in [0.2, 0.25) is 0 Å². The second-order valence-electron chi connectivity index (χ2n) is 14.0. The Labute approximate surface area is 317 Å². The van der Waals surface area contributed by atoms with E-state index >= 15 is 0 Å². The molecular formula is C50H33N3S. The predicted octanol–water partition coefficient (Wildman–Crippen LogP) is 13.4. The average Bonchev–Trinajstić information content (AvgIpc) is 3.79. The van der Waals surface area contributed by atoms with Crippen LogP contribution in [0, 0.1) is 0 Å². The van der Waals surface area contributed by atoms with Crippen molar-refractivity contribution in [3.8, 4) is 27.9 Å². The van der Waals surface area contributed by atoms with Gasteiger partial charge in [-0.15, -0.1) is 11.3 Å². The minimum Gasteiger partial charge on any atom is -0.360 e. The van der Waals surface area contributed by atoms with Crippen LogP contribution in [0.25, 0.3) is 69.9 Å². The van der Waals surface area contributed by atoms with Crippen LogP contribution in [0.2, 0.25) is 0 Å². The number of para-hydroxylation sites is 2. The smallest absolute Gasteiger partial charge is 0.145 e. The third-order valence-electron chi connectivity index (χ3n) is 10.8. The number of thiophene rings is 1. The van der Waals surface area contributed by atoms with Gasteiger partial charge in [0.1, 0.15) is 6.17 Å². The van der Waals surface area contributed by atoms with Gasteiger partial charge in [0.05, 0.1) is 16.7 Å². The van der Waals surface area contributed by atoms with Gasteiger partial charge in [0.25, 0.3) is 0 Å². The first-order valence-electron chi connectivity index (χ1n) is 18.4. The largest absolute Gasteiger partial charge is 0.360 e. The summed E-state index contributed by atoms with van der Waals surface area (Å²) in [4.78, 5) is 5.33. The molecule has 0 amide bonds. The van der Waals surface area contributed by atoms with Crippen molar-refractivity contribution in [3.05, 3.63) is 205 Å². The molecular weight excluding hydrogens is 675 g/mol. The van der Waals surface area contributed by atoms with E-state index in [0.29, 0.717) is 0 Å². The molecule has 0 spiro atoms. The summed E-state index contributed by atoms with van der Waals surface area (Å²) in [6.07, 6.45) is -0.203. The summed E-state index contributed by atoms with van der Waals surface area (Å²) in [6, 6.07) is 67.8. The van der Waals surface area contributed by atoms with Crippen molar-refractivity contribution in [2.75, 3.05) is 5.32 Å². The molecule has 0 bridgehead atoms. The molecule has 4 heteroatoms. The van der Waals surface area contributed by atoms with E-state index in [1.165, 1.54) is 69.9 Å². The van der Waals surface area contributed by atoms with Crippen molar-refractivity contribution < 1.29 is 0 Å². The summed E-state index contributed by atoms with van der Waals surface area (Å²) in [5.41, 5.74) is 13.9. The molecule has 1 N–H and O–H groups in total. The SMILES string of the molecule is c1ccc(-c2ccc(C3=NC(c4ccc(-c5ccc6c(c5)c5c7sc8ccccc8c7ccc5n6-c5ccccc5)cc4)Nc4ccccc43)cc2)cc1. The molecule has 0 saturated heterocycles. The van der Waals surface area contributed by atoms with Crippen molar-refractivity contribution in [2.24, 2.45) is 4.99 Å². The maximum absolute atomic E-state index is 5.33. The van der Waals surface area contributed by atoms with Gasteiger partial charge in [-0.1, -0.05) is 146 Å². The van der Waals surface area contributed by atoms with Crippen LogP contribution in [-0.2, 0) is 0 Å². The molecule has 10 aromatic rings. The Kier molecular flexibility index (Phi) is 7.10. The van der Waals surface area contributed by atoms with E-state index in [4.69, 9.17) is 4.99 Å². The topological polar surface area (TPSA) is 29.3 Å². The van der Waals surface area contributed by atoms with Crippen molar-refractivity contribution >= 4 is 64.7 Å². The standard InChI is InChI=1S/C50H33N3S/c1-3-11-32(12-4-1)33-19-23-35(24-20-33)48-41-16-7-9-17-43(41)51-50(52-48)36-25-21-34(22-26-36)37-27-29-44-42(31-37)47-45(53(44)38-13-5-2-6-14-38)30-28-40-39-15-8-10-18-46(39)54-49(40)47/h1-31,50-51H. The van der Waals surface area contributed by atoms with E-state index in [0.717, 1.165) is 28.1 Å². The Hall–Kier alpha value is -6.75. The number of nitrogens with one attached hydrogen (secondary N) is 1. The summed E-state index contributed by atoms with van der Waals surface area (Å²) in [7, 11) is 0. The monoisotopic (exact) mass is 707 g/mol. The molecule has 1 atom stereocenters. The highest BCUT2D eigenvalue weighted by Gasteiger charge is 2.23. The van der Waals surface area contributed by atoms with E-state index < -0.39 is 0 Å². The summed E-state index contributed by atoms with van der Waals surface area (Å²) in [5.74, 6) is 0. The molecule has 254 valence electrons. The predicted molar refractivity (Wildman–Crippen MR) is 229 cm³/mol. The van der Waals surface area contributed by atoms with Crippen molar-refractivity contribution in [1.82, 2.24) is 4.57 Å². The lowest BCUT2D eigenvalue weighted by Gasteiger charge is -2.26. The molecule has 0 fully saturated rings. The molecule has 3 nitrogen and oxygen atoms in total. The molecule has 2 aromatic heterocycles. The van der Waals surface area contributed by atoms with Crippen LogP contribution in [0.3, 0.4) is 0 Å². The van der Waals surface area contributed by atoms with Gasteiger partial charge in [-0.3, -0.25) is 4.99 Å². The zero-order valence-corrected chi connectivity index (χ0v) is 30.1. The van der Waals surface area contributed by atoms with Gasteiger partial charge in [-0.2, -0.15) is 0 Å². The molecule has 11 rings (SSSR count). The number of hydrogen-bond acceptors (Lipinski definition) is 3. The second kappa shape index (κ2) is 12.4. The molecule has 0 saturated carbocycles. The van der Waals surface area contributed by atoms with E-state index in [-0.39, 0.29) is 6.17 Å². The Morgan fingerprint density at radius 3 is 1.94 bits per heavy atom. The van der Waals surface area contributed by atoms with Crippen LogP contribution < -0.4 is 5.32 Å². The molecule has 54 heavy (non-hydrogen) atoms. The highest BCUT2D eigenvalue weighted by Crippen LogP contribution is 2.44. The number of aliphatic imine (C=N–C) groups is 1. The fourth-order valence-electron chi connectivity index (χ4n) is 8.21. The first kappa shape index (κ1) is 30.8. The van der Waals surface area contributed by atoms with Crippen LogP contribution in [0.15, 0.2) is 193 Å². The Balaban J connectivity index is 0.995. The average molecular weight is 708 g/mol. The maximum atomic E-state index is 5.33. The fraction of sp³-hybridized carbons (Fsp3) is 0.0200. The molecule has 8 aromatic carbocycles. The van der Waals surface area contributed by atoms with Crippen LogP contribution >= 0.6 is 11.3 Å². The van der Waals surface area contributed by atoms with Crippen molar-refractivity contribution in [3.63, 3.8) is 0 Å². The number of aromatic nitrogens is 1. The quantitative estimate of drug-likeness (QED) is 0.190. The Bertz CT molecular complexity index is 3050.